The second kappa shape index (κ2) is 9.78. The second-order valence-electron chi connectivity index (χ2n) is 10.1. The van der Waals surface area contributed by atoms with E-state index in [1.165, 1.54) is 11.2 Å². The number of benzene rings is 2. The van der Waals surface area contributed by atoms with Gasteiger partial charge in [-0.25, -0.2) is 13.3 Å². The Morgan fingerprint density at radius 2 is 1.58 bits per heavy atom. The predicted octanol–water partition coefficient (Wildman–Crippen LogP) is 4.39. The van der Waals surface area contributed by atoms with Gasteiger partial charge in [0.05, 0.1) is 17.0 Å². The second-order valence-corrected chi connectivity index (χ2v) is 11.8. The Hall–Kier alpha value is -3.04. The standard InChI is InChI=1S/C27H35N3O5S/c1-9-27(7,8)30(36(34,35)25-18(4)16(2)14-17(3)19(25)5)23-15-24(32)29(26(23)33)22-12-10-21(11-13-22)28-20(6)31/h10-14,23H,9,15H2,1-8H3,(H,28,31). The van der Waals surface area contributed by atoms with Crippen LogP contribution < -0.4 is 10.2 Å². The molecule has 1 N–H and O–H groups in total. The molecule has 1 heterocycles. The van der Waals surface area contributed by atoms with Gasteiger partial charge in [0.15, 0.2) is 0 Å². The zero-order valence-electron chi connectivity index (χ0n) is 22.2. The van der Waals surface area contributed by atoms with E-state index in [1.807, 2.05) is 26.8 Å². The highest BCUT2D eigenvalue weighted by Gasteiger charge is 2.52. The summed E-state index contributed by atoms with van der Waals surface area (Å²) in [4.78, 5) is 39.3. The molecule has 2 aromatic carbocycles. The van der Waals surface area contributed by atoms with Crippen LogP contribution >= 0.6 is 0 Å². The summed E-state index contributed by atoms with van der Waals surface area (Å²) in [5.74, 6) is -1.30. The Balaban J connectivity index is 2.12. The molecule has 1 aliphatic heterocycles. The van der Waals surface area contributed by atoms with Gasteiger partial charge in [-0.3, -0.25) is 14.4 Å². The van der Waals surface area contributed by atoms with Crippen molar-refractivity contribution in [3.8, 4) is 0 Å². The van der Waals surface area contributed by atoms with Gasteiger partial charge in [0.1, 0.15) is 6.04 Å². The van der Waals surface area contributed by atoms with Gasteiger partial charge in [0, 0.05) is 18.2 Å². The highest BCUT2D eigenvalue weighted by molar-refractivity contribution is 7.89. The minimum absolute atomic E-state index is 0.194. The van der Waals surface area contributed by atoms with Crippen molar-refractivity contribution in [2.24, 2.45) is 0 Å². The van der Waals surface area contributed by atoms with E-state index in [-0.39, 0.29) is 17.2 Å². The molecule has 2 aromatic rings. The number of amides is 3. The van der Waals surface area contributed by atoms with Crippen molar-refractivity contribution in [1.82, 2.24) is 4.31 Å². The smallest absolute Gasteiger partial charge is 0.252 e. The number of carbonyl (C=O) groups excluding carboxylic acids is 3. The molecule has 0 aliphatic carbocycles. The van der Waals surface area contributed by atoms with Crippen LogP contribution in [0.15, 0.2) is 35.2 Å². The molecule has 194 valence electrons. The van der Waals surface area contributed by atoms with Crippen molar-refractivity contribution in [3.05, 3.63) is 52.6 Å². The number of sulfonamides is 1. The summed E-state index contributed by atoms with van der Waals surface area (Å²) in [6, 6.07) is 7.09. The van der Waals surface area contributed by atoms with Crippen LogP contribution in [0, 0.1) is 27.7 Å². The maximum Gasteiger partial charge on any atom is 0.252 e. The third-order valence-corrected chi connectivity index (χ3v) is 9.52. The molecule has 3 rings (SSSR count). The number of aryl methyl sites for hydroxylation is 2. The van der Waals surface area contributed by atoms with Gasteiger partial charge in [-0.1, -0.05) is 13.0 Å². The Bertz CT molecular complexity index is 1300. The summed E-state index contributed by atoms with van der Waals surface area (Å²) >= 11 is 0. The first-order valence-corrected chi connectivity index (χ1v) is 13.4. The van der Waals surface area contributed by atoms with Gasteiger partial charge >= 0.3 is 0 Å². The van der Waals surface area contributed by atoms with Crippen molar-refractivity contribution in [1.29, 1.82) is 0 Å². The Labute approximate surface area is 213 Å². The maximum absolute atomic E-state index is 14.3. The monoisotopic (exact) mass is 513 g/mol. The van der Waals surface area contributed by atoms with E-state index in [4.69, 9.17) is 0 Å². The molecular formula is C27H35N3O5S. The quantitative estimate of drug-likeness (QED) is 0.553. The molecule has 3 amide bonds. The number of anilines is 2. The summed E-state index contributed by atoms with van der Waals surface area (Å²) in [6.45, 7) is 14.1. The van der Waals surface area contributed by atoms with E-state index in [2.05, 4.69) is 5.32 Å². The lowest BCUT2D eigenvalue weighted by atomic mass is 10.00. The van der Waals surface area contributed by atoms with E-state index in [9.17, 15) is 22.8 Å². The van der Waals surface area contributed by atoms with E-state index >= 15 is 0 Å². The first kappa shape index (κ1) is 27.5. The molecule has 1 fully saturated rings. The first-order chi connectivity index (χ1) is 16.6. The molecule has 0 spiro atoms. The number of rotatable bonds is 7. The third-order valence-electron chi connectivity index (χ3n) is 7.13. The van der Waals surface area contributed by atoms with E-state index < -0.39 is 33.4 Å². The van der Waals surface area contributed by atoms with Crippen LogP contribution in [0.1, 0.15) is 62.8 Å². The van der Waals surface area contributed by atoms with Gasteiger partial charge < -0.3 is 5.32 Å². The van der Waals surface area contributed by atoms with Gasteiger partial charge in [-0.15, -0.1) is 0 Å². The van der Waals surface area contributed by atoms with Crippen molar-refractivity contribution in [3.63, 3.8) is 0 Å². The summed E-state index contributed by atoms with van der Waals surface area (Å²) in [6.07, 6.45) is 0.191. The molecule has 0 aromatic heterocycles. The number of nitrogens with one attached hydrogen (secondary N) is 1. The molecule has 0 saturated carbocycles. The average Bonchev–Trinajstić information content (AvgIpc) is 3.05. The topological polar surface area (TPSA) is 104 Å². The fraction of sp³-hybridized carbons (Fsp3) is 0.444. The molecule has 1 unspecified atom stereocenters. The lowest BCUT2D eigenvalue weighted by molar-refractivity contribution is -0.123. The van der Waals surface area contributed by atoms with Crippen molar-refractivity contribution in [2.75, 3.05) is 10.2 Å². The Morgan fingerprint density at radius 3 is 2.06 bits per heavy atom. The van der Waals surface area contributed by atoms with E-state index in [0.29, 0.717) is 28.9 Å². The van der Waals surface area contributed by atoms with Crippen LogP contribution in [0.3, 0.4) is 0 Å². The number of carbonyl (C=O) groups is 3. The molecule has 1 atom stereocenters. The summed E-state index contributed by atoms with van der Waals surface area (Å²) in [5.41, 5.74) is 2.89. The molecule has 0 radical (unpaired) electrons. The number of imide groups is 1. The summed E-state index contributed by atoms with van der Waals surface area (Å²) < 4.78 is 29.9. The summed E-state index contributed by atoms with van der Waals surface area (Å²) in [5, 5.41) is 2.64. The predicted molar refractivity (Wildman–Crippen MR) is 140 cm³/mol. The highest BCUT2D eigenvalue weighted by atomic mass is 32.2. The van der Waals surface area contributed by atoms with Crippen molar-refractivity contribution >= 4 is 39.1 Å². The van der Waals surface area contributed by atoms with E-state index in [0.717, 1.165) is 16.0 Å². The molecule has 0 bridgehead atoms. The average molecular weight is 514 g/mol. The number of hydrogen-bond donors (Lipinski definition) is 1. The van der Waals surface area contributed by atoms with Gasteiger partial charge in [-0.2, -0.15) is 4.31 Å². The molecule has 1 aliphatic rings. The molecule has 36 heavy (non-hydrogen) atoms. The van der Waals surface area contributed by atoms with Crippen LogP contribution in [0.25, 0.3) is 0 Å². The van der Waals surface area contributed by atoms with E-state index in [1.54, 1.807) is 52.0 Å². The Morgan fingerprint density at radius 1 is 1.06 bits per heavy atom. The van der Waals surface area contributed by atoms with Crippen LogP contribution in [0.4, 0.5) is 11.4 Å². The third kappa shape index (κ3) is 4.82. The van der Waals surface area contributed by atoms with Crippen molar-refractivity contribution in [2.45, 2.75) is 84.7 Å². The van der Waals surface area contributed by atoms with Gasteiger partial charge in [-0.05, 0) is 94.5 Å². The first-order valence-electron chi connectivity index (χ1n) is 12.0. The fourth-order valence-electron chi connectivity index (χ4n) is 4.70. The summed E-state index contributed by atoms with van der Waals surface area (Å²) in [7, 11) is -4.16. The van der Waals surface area contributed by atoms with Crippen LogP contribution in [0.2, 0.25) is 0 Å². The molecular weight excluding hydrogens is 478 g/mol. The lowest BCUT2D eigenvalue weighted by Crippen LogP contribution is -2.55. The normalized spacial score (nSPS) is 16.7. The van der Waals surface area contributed by atoms with Crippen molar-refractivity contribution < 1.29 is 22.8 Å². The van der Waals surface area contributed by atoms with Crippen LogP contribution in [0.5, 0.6) is 0 Å². The fourth-order valence-corrected chi connectivity index (χ4v) is 7.28. The minimum Gasteiger partial charge on any atom is -0.326 e. The maximum atomic E-state index is 14.3. The number of nitrogens with zero attached hydrogens (tertiary/aromatic N) is 2. The Kier molecular flexibility index (Phi) is 7.49. The molecule has 9 heteroatoms. The zero-order chi connectivity index (χ0) is 27.2. The largest absolute Gasteiger partial charge is 0.326 e. The lowest BCUT2D eigenvalue weighted by Gasteiger charge is -2.40. The zero-order valence-corrected chi connectivity index (χ0v) is 23.0. The molecule has 1 saturated heterocycles. The van der Waals surface area contributed by atoms with Gasteiger partial charge in [0.25, 0.3) is 5.91 Å². The van der Waals surface area contributed by atoms with Crippen LogP contribution in [-0.2, 0) is 24.4 Å². The van der Waals surface area contributed by atoms with Crippen LogP contribution in [-0.4, -0.2) is 42.0 Å². The highest BCUT2D eigenvalue weighted by Crippen LogP contribution is 2.38. The number of hydrogen-bond acceptors (Lipinski definition) is 5. The minimum atomic E-state index is -4.16. The van der Waals surface area contributed by atoms with Gasteiger partial charge in [0.2, 0.25) is 21.8 Å². The molecule has 8 nitrogen and oxygen atoms in total. The SMILES string of the molecule is CCC(C)(C)N(C1CC(=O)N(c2ccc(NC(C)=O)cc2)C1=O)S(=O)(=O)c1c(C)c(C)cc(C)c1C.